The molecule has 2 fully saturated rings. The Morgan fingerprint density at radius 3 is 2.32 bits per heavy atom. The molecule has 0 saturated carbocycles. The third-order valence-electron chi connectivity index (χ3n) is 8.27. The molecule has 204 valence electrons. The molecule has 0 unspecified atom stereocenters. The Kier molecular flexibility index (Phi) is 8.38. The summed E-state index contributed by atoms with van der Waals surface area (Å²) in [5.41, 5.74) is -2.01. The number of carbonyl (C=O) groups excluding carboxylic acids is 1. The van der Waals surface area contributed by atoms with Gasteiger partial charge in [-0.25, -0.2) is 17.6 Å². The van der Waals surface area contributed by atoms with Crippen molar-refractivity contribution in [2.24, 2.45) is 11.8 Å². The van der Waals surface area contributed by atoms with Gasteiger partial charge in [-0.2, -0.15) is 0 Å². The number of nitrogens with zero attached hydrogens (tertiary/aromatic N) is 2. The lowest BCUT2D eigenvalue weighted by atomic mass is 9.71. The smallest absolute Gasteiger partial charge is 0.228 e. The van der Waals surface area contributed by atoms with Crippen LogP contribution in [0.15, 0.2) is 36.4 Å². The summed E-state index contributed by atoms with van der Waals surface area (Å²) in [7, 11) is 0. The molecule has 0 aromatic heterocycles. The summed E-state index contributed by atoms with van der Waals surface area (Å²) in [6, 6.07) is 6.24. The van der Waals surface area contributed by atoms with Crippen LogP contribution in [0.25, 0.3) is 0 Å². The minimum absolute atomic E-state index is 0. The number of likely N-dealkylation sites (tertiary alicyclic amines) is 2. The second-order valence-corrected chi connectivity index (χ2v) is 11.3. The van der Waals surface area contributed by atoms with Crippen LogP contribution in [-0.2, 0) is 10.4 Å². The van der Waals surface area contributed by atoms with Gasteiger partial charge < -0.3 is 10.0 Å². The summed E-state index contributed by atoms with van der Waals surface area (Å²) in [6.07, 6.45) is 0.383. The fourth-order valence-electron chi connectivity index (χ4n) is 5.93. The van der Waals surface area contributed by atoms with Crippen molar-refractivity contribution >= 4 is 18.3 Å². The molecular weight excluding hydrogens is 508 g/mol. The van der Waals surface area contributed by atoms with Crippen LogP contribution in [0.2, 0.25) is 0 Å². The number of benzene rings is 2. The lowest BCUT2D eigenvalue weighted by Gasteiger charge is -2.50. The van der Waals surface area contributed by atoms with Gasteiger partial charge in [0.2, 0.25) is 5.91 Å². The van der Waals surface area contributed by atoms with Crippen LogP contribution in [0.3, 0.4) is 0 Å². The maximum absolute atomic E-state index is 14.9. The number of aliphatic hydroxyl groups is 1. The van der Waals surface area contributed by atoms with Gasteiger partial charge in [-0.1, -0.05) is 25.1 Å². The summed E-state index contributed by atoms with van der Waals surface area (Å²) < 4.78 is 57.4. The van der Waals surface area contributed by atoms with Gasteiger partial charge in [0.15, 0.2) is 11.6 Å². The molecule has 0 aliphatic carbocycles. The number of rotatable bonds is 3. The highest BCUT2D eigenvalue weighted by atomic mass is 35.5. The molecule has 2 aliphatic rings. The van der Waals surface area contributed by atoms with Gasteiger partial charge in [-0.05, 0) is 57.7 Å². The summed E-state index contributed by atoms with van der Waals surface area (Å²) in [4.78, 5) is 17.7. The molecule has 2 saturated heterocycles. The van der Waals surface area contributed by atoms with Gasteiger partial charge in [0.25, 0.3) is 0 Å². The first kappa shape index (κ1) is 29.4. The van der Waals surface area contributed by atoms with E-state index in [2.05, 4.69) is 4.90 Å². The van der Waals surface area contributed by atoms with E-state index in [1.54, 1.807) is 13.8 Å². The summed E-state index contributed by atoms with van der Waals surface area (Å²) in [5.74, 6) is -5.48. The molecule has 0 bridgehead atoms. The first-order valence-corrected chi connectivity index (χ1v) is 12.4. The average molecular weight is 543 g/mol. The Balaban J connectivity index is 0.00000380. The van der Waals surface area contributed by atoms with E-state index < -0.39 is 52.7 Å². The normalized spacial score (nSPS) is 28.8. The van der Waals surface area contributed by atoms with Gasteiger partial charge in [-0.3, -0.25) is 9.69 Å². The number of amides is 1. The Bertz CT molecular complexity index is 1160. The first-order valence-electron chi connectivity index (χ1n) is 12.4. The Morgan fingerprint density at radius 1 is 1.03 bits per heavy atom. The van der Waals surface area contributed by atoms with Crippen molar-refractivity contribution in [1.82, 2.24) is 9.80 Å². The number of piperidine rings is 1. The van der Waals surface area contributed by atoms with E-state index in [0.29, 0.717) is 26.1 Å². The van der Waals surface area contributed by atoms with Crippen molar-refractivity contribution in [3.63, 3.8) is 0 Å². The van der Waals surface area contributed by atoms with Gasteiger partial charge in [0, 0.05) is 42.7 Å². The maximum Gasteiger partial charge on any atom is 0.228 e. The molecule has 2 aliphatic heterocycles. The van der Waals surface area contributed by atoms with Crippen molar-refractivity contribution in [3.8, 4) is 0 Å². The number of hydrogen-bond acceptors (Lipinski definition) is 3. The zero-order valence-electron chi connectivity index (χ0n) is 21.8. The molecule has 2 heterocycles. The predicted octanol–water partition coefficient (Wildman–Crippen LogP) is 5.62. The van der Waals surface area contributed by atoms with Crippen molar-refractivity contribution in [2.45, 2.75) is 64.1 Å². The molecule has 37 heavy (non-hydrogen) atoms. The van der Waals surface area contributed by atoms with Crippen LogP contribution in [-0.4, -0.2) is 52.0 Å². The quantitative estimate of drug-likeness (QED) is 0.512. The molecule has 4 nitrogen and oxygen atoms in total. The zero-order chi connectivity index (χ0) is 26.6. The highest BCUT2D eigenvalue weighted by Gasteiger charge is 2.52. The predicted molar refractivity (Wildman–Crippen MR) is 136 cm³/mol. The Labute approximate surface area is 222 Å². The number of carbonyl (C=O) groups is 1. The molecule has 0 spiro atoms. The Hall–Kier alpha value is -2.16. The molecule has 4 rings (SSSR count). The van der Waals surface area contributed by atoms with Crippen LogP contribution >= 0.6 is 12.4 Å². The van der Waals surface area contributed by atoms with Crippen LogP contribution in [0, 0.1) is 35.1 Å². The van der Waals surface area contributed by atoms with E-state index in [4.69, 9.17) is 0 Å². The first-order chi connectivity index (χ1) is 16.8. The molecule has 9 heteroatoms. The molecule has 1 N–H and O–H groups in total. The van der Waals surface area contributed by atoms with Gasteiger partial charge in [0.05, 0.1) is 12.0 Å². The third-order valence-corrected chi connectivity index (χ3v) is 8.27. The van der Waals surface area contributed by atoms with E-state index in [1.165, 1.54) is 29.2 Å². The summed E-state index contributed by atoms with van der Waals surface area (Å²) in [6.45, 7) is 10.5. The van der Waals surface area contributed by atoms with E-state index in [0.717, 1.165) is 12.1 Å². The van der Waals surface area contributed by atoms with Gasteiger partial charge in [-0.15, -0.1) is 12.4 Å². The lowest BCUT2D eigenvalue weighted by Crippen LogP contribution is -2.60. The van der Waals surface area contributed by atoms with E-state index >= 15 is 0 Å². The van der Waals surface area contributed by atoms with E-state index in [1.807, 2.05) is 20.8 Å². The van der Waals surface area contributed by atoms with Crippen LogP contribution in [0.4, 0.5) is 17.6 Å². The molecule has 5 atom stereocenters. The SMILES string of the molecule is C[C@@H]1N(C(=O)[C@@H]2CN(C(C)(C)C)C[C@H]2c2ccc(F)cc2F)CC[C@H](C)[C@@]1(O)c1cccc(F)c1F.Cl. The number of halogens is 5. The van der Waals surface area contributed by atoms with Crippen LogP contribution in [0.1, 0.15) is 58.1 Å². The zero-order valence-corrected chi connectivity index (χ0v) is 22.6. The average Bonchev–Trinajstić information content (AvgIpc) is 3.25. The number of hydrogen-bond donors (Lipinski definition) is 1. The molecular formula is C28H35ClF4N2O2. The molecule has 1 amide bonds. The highest BCUT2D eigenvalue weighted by molar-refractivity contribution is 5.85. The Morgan fingerprint density at radius 2 is 1.70 bits per heavy atom. The van der Waals surface area contributed by atoms with Crippen molar-refractivity contribution in [1.29, 1.82) is 0 Å². The standard InChI is InChI=1S/C28H34F4N2O2.ClH/c1-16-11-12-34(17(2)28(16,36)22-7-6-8-23(30)25(22)32)26(35)21-15-33(27(3,4)5)14-20(21)19-10-9-18(29)13-24(19)31;/h6-10,13,16-17,20-21,36H,11-12,14-15H2,1-5H3;1H/t16-,17-,20-,21+,28-;/m0./s1. The van der Waals surface area contributed by atoms with Crippen molar-refractivity contribution in [3.05, 3.63) is 70.8 Å². The minimum atomic E-state index is -1.81. The highest BCUT2D eigenvalue weighted by Crippen LogP contribution is 2.45. The fourth-order valence-corrected chi connectivity index (χ4v) is 5.93. The minimum Gasteiger partial charge on any atom is -0.383 e. The van der Waals surface area contributed by atoms with E-state index in [-0.39, 0.29) is 35.0 Å². The largest absolute Gasteiger partial charge is 0.383 e. The second kappa shape index (κ2) is 10.5. The lowest BCUT2D eigenvalue weighted by molar-refractivity contribution is -0.160. The second-order valence-electron chi connectivity index (χ2n) is 11.3. The van der Waals surface area contributed by atoms with Gasteiger partial charge in [0.1, 0.15) is 17.2 Å². The fraction of sp³-hybridized carbons (Fsp3) is 0.536. The summed E-state index contributed by atoms with van der Waals surface area (Å²) in [5, 5.41) is 11.8. The third kappa shape index (κ3) is 5.12. The summed E-state index contributed by atoms with van der Waals surface area (Å²) >= 11 is 0. The van der Waals surface area contributed by atoms with Crippen LogP contribution in [0.5, 0.6) is 0 Å². The molecule has 0 radical (unpaired) electrons. The topological polar surface area (TPSA) is 43.8 Å². The monoisotopic (exact) mass is 542 g/mol. The van der Waals surface area contributed by atoms with Crippen molar-refractivity contribution in [2.75, 3.05) is 19.6 Å². The maximum atomic E-state index is 14.9. The van der Waals surface area contributed by atoms with Gasteiger partial charge >= 0.3 is 0 Å². The van der Waals surface area contributed by atoms with E-state index in [9.17, 15) is 27.5 Å². The van der Waals surface area contributed by atoms with Crippen molar-refractivity contribution < 1.29 is 27.5 Å². The van der Waals surface area contributed by atoms with Crippen LogP contribution < -0.4 is 0 Å². The molecule has 2 aromatic rings. The molecule has 2 aromatic carbocycles.